The fraction of sp³-hybridized carbons (Fsp3) is 0.600. The van der Waals surface area contributed by atoms with E-state index in [1.807, 2.05) is 25.2 Å². The van der Waals surface area contributed by atoms with Crippen LogP contribution < -0.4 is 5.32 Å². The van der Waals surface area contributed by atoms with Gasteiger partial charge in [-0.3, -0.25) is 0 Å². The summed E-state index contributed by atoms with van der Waals surface area (Å²) in [5.74, 6) is 0. The van der Waals surface area contributed by atoms with E-state index in [0.29, 0.717) is 6.04 Å². The molecule has 0 heterocycles. The Labute approximate surface area is 116 Å². The highest BCUT2D eigenvalue weighted by atomic mass is 35.5. The Bertz CT molecular complexity index is 341. The number of nitrogens with zero attached hydrogens (tertiary/aromatic N) is 1. The van der Waals surface area contributed by atoms with Gasteiger partial charge in [-0.15, -0.1) is 0 Å². The Morgan fingerprint density at radius 2 is 2.00 bits per heavy atom. The van der Waals surface area contributed by atoms with Gasteiger partial charge in [0, 0.05) is 11.1 Å². The van der Waals surface area contributed by atoms with E-state index in [1.165, 1.54) is 24.9 Å². The average molecular weight is 269 g/mol. The summed E-state index contributed by atoms with van der Waals surface area (Å²) in [4.78, 5) is 2.39. The van der Waals surface area contributed by atoms with Crippen LogP contribution in [0.4, 0.5) is 0 Å². The Morgan fingerprint density at radius 3 is 2.61 bits per heavy atom. The highest BCUT2D eigenvalue weighted by Gasteiger charge is 2.12. The van der Waals surface area contributed by atoms with E-state index < -0.39 is 0 Å². The second kappa shape index (κ2) is 8.52. The molecule has 0 saturated heterocycles. The van der Waals surface area contributed by atoms with Gasteiger partial charge in [0.05, 0.1) is 0 Å². The summed E-state index contributed by atoms with van der Waals surface area (Å²) in [6.07, 6.45) is 3.61. The van der Waals surface area contributed by atoms with Crippen LogP contribution in [-0.2, 0) is 0 Å². The molecule has 0 bridgehead atoms. The molecule has 1 atom stereocenters. The van der Waals surface area contributed by atoms with Crippen molar-refractivity contribution in [3.8, 4) is 0 Å². The van der Waals surface area contributed by atoms with Gasteiger partial charge < -0.3 is 10.2 Å². The maximum atomic E-state index is 6.24. The minimum atomic E-state index is 0.336. The molecule has 102 valence electrons. The minimum absolute atomic E-state index is 0.336. The van der Waals surface area contributed by atoms with Crippen molar-refractivity contribution in [2.45, 2.75) is 32.2 Å². The number of unbranched alkanes of at least 4 members (excludes halogenated alkanes) is 1. The molecule has 0 aliphatic carbocycles. The van der Waals surface area contributed by atoms with Crippen molar-refractivity contribution in [2.24, 2.45) is 0 Å². The predicted molar refractivity (Wildman–Crippen MR) is 80.3 cm³/mol. The lowest BCUT2D eigenvalue weighted by Crippen LogP contribution is -2.26. The van der Waals surface area contributed by atoms with Crippen molar-refractivity contribution in [3.63, 3.8) is 0 Å². The molecule has 18 heavy (non-hydrogen) atoms. The van der Waals surface area contributed by atoms with Crippen LogP contribution in [0.15, 0.2) is 24.3 Å². The molecule has 1 unspecified atom stereocenters. The molecular weight excluding hydrogens is 244 g/mol. The van der Waals surface area contributed by atoms with Crippen molar-refractivity contribution in [1.29, 1.82) is 0 Å². The van der Waals surface area contributed by atoms with Crippen molar-refractivity contribution >= 4 is 11.6 Å². The third kappa shape index (κ3) is 4.97. The molecule has 0 spiro atoms. The molecule has 0 aliphatic heterocycles. The summed E-state index contributed by atoms with van der Waals surface area (Å²) in [6.45, 7) is 4.50. The fourth-order valence-electron chi connectivity index (χ4n) is 2.10. The number of benzene rings is 1. The Hall–Kier alpha value is -0.570. The van der Waals surface area contributed by atoms with E-state index in [0.717, 1.165) is 18.0 Å². The fourth-order valence-corrected chi connectivity index (χ4v) is 2.37. The quantitative estimate of drug-likeness (QED) is 0.773. The third-order valence-electron chi connectivity index (χ3n) is 3.32. The van der Waals surface area contributed by atoms with Crippen LogP contribution in [0, 0.1) is 0 Å². The SMILES string of the molecule is CCCCN(C)CCC(NC)c1ccccc1Cl. The maximum absolute atomic E-state index is 6.24. The molecule has 2 nitrogen and oxygen atoms in total. The lowest BCUT2D eigenvalue weighted by Gasteiger charge is -2.22. The van der Waals surface area contributed by atoms with Gasteiger partial charge in [0.25, 0.3) is 0 Å². The molecule has 0 radical (unpaired) electrons. The van der Waals surface area contributed by atoms with Crippen LogP contribution in [0.25, 0.3) is 0 Å². The molecule has 1 N–H and O–H groups in total. The number of hydrogen-bond acceptors (Lipinski definition) is 2. The number of hydrogen-bond donors (Lipinski definition) is 1. The zero-order chi connectivity index (χ0) is 13.4. The van der Waals surface area contributed by atoms with Gasteiger partial charge in [-0.25, -0.2) is 0 Å². The first-order valence-corrected chi connectivity index (χ1v) is 7.17. The molecule has 0 amide bonds. The van der Waals surface area contributed by atoms with Gasteiger partial charge in [-0.1, -0.05) is 43.1 Å². The molecule has 1 aromatic carbocycles. The van der Waals surface area contributed by atoms with E-state index in [4.69, 9.17) is 11.6 Å². The summed E-state index contributed by atoms with van der Waals surface area (Å²) in [5.41, 5.74) is 1.20. The van der Waals surface area contributed by atoms with Crippen molar-refractivity contribution in [3.05, 3.63) is 34.9 Å². The van der Waals surface area contributed by atoms with Gasteiger partial charge in [-0.05, 0) is 51.7 Å². The molecular formula is C15H25ClN2. The van der Waals surface area contributed by atoms with Crippen LogP contribution in [0.1, 0.15) is 37.8 Å². The Balaban J connectivity index is 2.50. The van der Waals surface area contributed by atoms with Crippen LogP contribution in [-0.4, -0.2) is 32.1 Å². The number of halogens is 1. The molecule has 0 aliphatic rings. The van der Waals surface area contributed by atoms with Crippen LogP contribution in [0.3, 0.4) is 0 Å². The largest absolute Gasteiger partial charge is 0.313 e. The summed E-state index contributed by atoms with van der Waals surface area (Å²) in [6, 6.07) is 8.43. The monoisotopic (exact) mass is 268 g/mol. The molecule has 0 saturated carbocycles. The first-order chi connectivity index (χ1) is 8.69. The van der Waals surface area contributed by atoms with E-state index >= 15 is 0 Å². The molecule has 0 aromatic heterocycles. The molecule has 0 fully saturated rings. The highest BCUT2D eigenvalue weighted by molar-refractivity contribution is 6.31. The first kappa shape index (κ1) is 15.5. The topological polar surface area (TPSA) is 15.3 Å². The van der Waals surface area contributed by atoms with E-state index in [2.05, 4.69) is 30.3 Å². The van der Waals surface area contributed by atoms with E-state index in [-0.39, 0.29) is 0 Å². The summed E-state index contributed by atoms with van der Waals surface area (Å²) < 4.78 is 0. The van der Waals surface area contributed by atoms with Crippen molar-refractivity contribution in [2.75, 3.05) is 27.2 Å². The van der Waals surface area contributed by atoms with Gasteiger partial charge in [0.15, 0.2) is 0 Å². The Kier molecular flexibility index (Phi) is 7.33. The number of rotatable bonds is 8. The lowest BCUT2D eigenvalue weighted by atomic mass is 10.0. The minimum Gasteiger partial charge on any atom is -0.313 e. The van der Waals surface area contributed by atoms with Crippen molar-refractivity contribution in [1.82, 2.24) is 10.2 Å². The third-order valence-corrected chi connectivity index (χ3v) is 3.67. The maximum Gasteiger partial charge on any atom is 0.0453 e. The highest BCUT2D eigenvalue weighted by Crippen LogP contribution is 2.24. The van der Waals surface area contributed by atoms with Gasteiger partial charge in [0.1, 0.15) is 0 Å². The van der Waals surface area contributed by atoms with Gasteiger partial charge in [0.2, 0.25) is 0 Å². The van der Waals surface area contributed by atoms with Crippen LogP contribution in [0.2, 0.25) is 5.02 Å². The molecule has 1 rings (SSSR count). The summed E-state index contributed by atoms with van der Waals surface area (Å²) in [7, 11) is 4.19. The normalized spacial score (nSPS) is 12.9. The summed E-state index contributed by atoms with van der Waals surface area (Å²) >= 11 is 6.24. The number of nitrogens with one attached hydrogen (secondary N) is 1. The predicted octanol–water partition coefficient (Wildman–Crippen LogP) is 3.72. The standard InChI is InChI=1S/C15H25ClN2/c1-4-5-11-18(3)12-10-15(17-2)13-8-6-7-9-14(13)16/h6-9,15,17H,4-5,10-12H2,1-3H3. The van der Waals surface area contributed by atoms with E-state index in [1.54, 1.807) is 0 Å². The average Bonchev–Trinajstić information content (AvgIpc) is 2.39. The van der Waals surface area contributed by atoms with Gasteiger partial charge in [-0.2, -0.15) is 0 Å². The first-order valence-electron chi connectivity index (χ1n) is 6.79. The zero-order valence-corrected chi connectivity index (χ0v) is 12.5. The van der Waals surface area contributed by atoms with Crippen LogP contribution in [0.5, 0.6) is 0 Å². The van der Waals surface area contributed by atoms with E-state index in [9.17, 15) is 0 Å². The summed E-state index contributed by atoms with van der Waals surface area (Å²) in [5, 5.41) is 4.21. The smallest absolute Gasteiger partial charge is 0.0453 e. The second-order valence-electron chi connectivity index (χ2n) is 4.81. The molecule has 1 aromatic rings. The lowest BCUT2D eigenvalue weighted by molar-refractivity contribution is 0.306. The second-order valence-corrected chi connectivity index (χ2v) is 5.22. The Morgan fingerprint density at radius 1 is 1.28 bits per heavy atom. The van der Waals surface area contributed by atoms with Crippen LogP contribution >= 0.6 is 11.6 Å². The zero-order valence-electron chi connectivity index (χ0n) is 11.7. The molecule has 3 heteroatoms. The van der Waals surface area contributed by atoms with Gasteiger partial charge >= 0.3 is 0 Å². The van der Waals surface area contributed by atoms with Crippen molar-refractivity contribution < 1.29 is 0 Å².